The summed E-state index contributed by atoms with van der Waals surface area (Å²) in [7, 11) is 0. The number of nitrogens with zero attached hydrogens (tertiary/aromatic N) is 3. The van der Waals surface area contributed by atoms with Gasteiger partial charge in [0, 0.05) is 44.4 Å². The van der Waals surface area contributed by atoms with Crippen LogP contribution < -0.4 is 19.5 Å². The van der Waals surface area contributed by atoms with Gasteiger partial charge in [-0.3, -0.25) is 9.78 Å². The molecule has 0 spiro atoms. The standard InChI is InChI=1S/C46H44Cl2N4O7/c1-27-28(2)49-16-15-36(27)31-8-5-29(6-9-31)20-39(45(54)55)50-44(53)40-21-33-22-41-42(23-34(33)24-52(40)46(56)51-17-3-4-18-51)59-43(26-58-41)32-10-12-35(13-11-32)57-25-30-7-14-37(47)38(48)19-30/h5-16,19,22-23,39-40,43H,3-4,17-18,20-21,24-26H2,1-2H3,(H,50,53)(H,54,55)/t39?,40-,43+/m0/s1. The number of nitrogens with one attached hydrogen (secondary N) is 1. The highest BCUT2D eigenvalue weighted by atomic mass is 35.5. The number of hydrogen-bond acceptors (Lipinski definition) is 7. The lowest BCUT2D eigenvalue weighted by molar-refractivity contribution is -0.142. The highest BCUT2D eigenvalue weighted by Crippen LogP contribution is 2.41. The topological polar surface area (TPSA) is 131 Å². The Kier molecular flexibility index (Phi) is 11.7. The number of pyridine rings is 1. The molecule has 5 aromatic rings. The molecule has 0 bridgehead atoms. The third-order valence-corrected chi connectivity index (χ3v) is 12.1. The summed E-state index contributed by atoms with van der Waals surface area (Å²) in [6.45, 7) is 5.94. The lowest BCUT2D eigenvalue weighted by Crippen LogP contribution is -2.58. The molecule has 4 aromatic carbocycles. The molecule has 0 saturated carbocycles. The zero-order chi connectivity index (χ0) is 41.2. The van der Waals surface area contributed by atoms with Crippen LogP contribution in [0.25, 0.3) is 11.1 Å². The molecule has 4 heterocycles. The summed E-state index contributed by atoms with van der Waals surface area (Å²) in [5, 5.41) is 14.0. The Bertz CT molecular complexity index is 2380. The summed E-state index contributed by atoms with van der Waals surface area (Å²) in [6, 6.07) is 24.0. The van der Waals surface area contributed by atoms with Gasteiger partial charge in [-0.25, -0.2) is 9.59 Å². The van der Waals surface area contributed by atoms with E-state index >= 15 is 0 Å². The van der Waals surface area contributed by atoms with Crippen LogP contribution in [0.5, 0.6) is 17.2 Å². The minimum Gasteiger partial charge on any atom is -0.489 e. The molecule has 3 aliphatic heterocycles. The number of aliphatic carboxylic acids is 1. The van der Waals surface area contributed by atoms with E-state index in [0.29, 0.717) is 47.0 Å². The van der Waals surface area contributed by atoms with Crippen molar-refractivity contribution >= 4 is 41.1 Å². The first-order valence-corrected chi connectivity index (χ1v) is 20.5. The van der Waals surface area contributed by atoms with Crippen LogP contribution >= 0.6 is 23.2 Å². The van der Waals surface area contributed by atoms with Crippen molar-refractivity contribution in [3.8, 4) is 28.4 Å². The van der Waals surface area contributed by atoms with E-state index in [2.05, 4.69) is 10.3 Å². The van der Waals surface area contributed by atoms with Crippen molar-refractivity contribution in [2.75, 3.05) is 19.7 Å². The number of fused-ring (bicyclic) bond motifs is 2. The molecule has 59 heavy (non-hydrogen) atoms. The SMILES string of the molecule is Cc1nccc(-c2ccc(CC(NC(=O)[C@@H]3Cc4cc5c(cc4CN3C(=O)N3CCCC3)O[C@@H](c3ccc(OCc4ccc(Cl)c(Cl)c4)cc3)CO5)C(=O)O)cc2)c1C. The zero-order valence-corrected chi connectivity index (χ0v) is 34.3. The molecule has 1 fully saturated rings. The minimum atomic E-state index is -1.20. The molecule has 13 heteroatoms. The average molecular weight is 836 g/mol. The van der Waals surface area contributed by atoms with E-state index in [-0.39, 0.29) is 38.1 Å². The summed E-state index contributed by atoms with van der Waals surface area (Å²) in [6.07, 6.45) is 3.43. The molecule has 304 valence electrons. The fourth-order valence-corrected chi connectivity index (χ4v) is 8.21. The number of amides is 3. The number of benzene rings is 4. The van der Waals surface area contributed by atoms with Gasteiger partial charge in [-0.15, -0.1) is 0 Å². The highest BCUT2D eigenvalue weighted by molar-refractivity contribution is 6.42. The lowest BCUT2D eigenvalue weighted by atomic mass is 9.92. The summed E-state index contributed by atoms with van der Waals surface area (Å²) < 4.78 is 18.7. The summed E-state index contributed by atoms with van der Waals surface area (Å²) >= 11 is 12.2. The van der Waals surface area contributed by atoms with E-state index in [1.54, 1.807) is 28.1 Å². The molecule has 1 aromatic heterocycles. The van der Waals surface area contributed by atoms with Gasteiger partial charge in [0.25, 0.3) is 0 Å². The Hall–Kier alpha value is -5.78. The fourth-order valence-electron chi connectivity index (χ4n) is 7.89. The van der Waals surface area contributed by atoms with Gasteiger partial charge >= 0.3 is 12.0 Å². The first-order valence-electron chi connectivity index (χ1n) is 19.7. The number of aryl methyl sites for hydroxylation is 1. The normalized spacial score (nSPS) is 17.6. The van der Waals surface area contributed by atoms with Crippen molar-refractivity contribution in [2.45, 2.75) is 70.9 Å². The second-order valence-corrected chi connectivity index (χ2v) is 16.1. The number of hydrogen-bond donors (Lipinski definition) is 2. The molecular weight excluding hydrogens is 791 g/mol. The zero-order valence-electron chi connectivity index (χ0n) is 32.8. The third kappa shape index (κ3) is 8.82. The largest absolute Gasteiger partial charge is 0.489 e. The smallest absolute Gasteiger partial charge is 0.326 e. The second-order valence-electron chi connectivity index (χ2n) is 15.3. The lowest BCUT2D eigenvalue weighted by Gasteiger charge is -2.39. The Morgan fingerprint density at radius 2 is 1.63 bits per heavy atom. The summed E-state index contributed by atoms with van der Waals surface area (Å²) in [5.74, 6) is 0.0974. The van der Waals surface area contributed by atoms with Gasteiger partial charge in [0.15, 0.2) is 17.6 Å². The molecule has 11 nitrogen and oxygen atoms in total. The summed E-state index contributed by atoms with van der Waals surface area (Å²) in [5.41, 5.74) is 8.31. The van der Waals surface area contributed by atoms with Gasteiger partial charge in [0.2, 0.25) is 5.91 Å². The van der Waals surface area contributed by atoms with E-state index in [9.17, 15) is 19.5 Å². The Morgan fingerprint density at radius 3 is 2.36 bits per heavy atom. The maximum atomic E-state index is 14.1. The Morgan fingerprint density at radius 1 is 0.898 bits per heavy atom. The van der Waals surface area contributed by atoms with Crippen molar-refractivity contribution in [1.82, 2.24) is 20.1 Å². The van der Waals surface area contributed by atoms with Crippen molar-refractivity contribution in [2.24, 2.45) is 0 Å². The van der Waals surface area contributed by atoms with E-state index in [1.165, 1.54) is 0 Å². The molecule has 1 unspecified atom stereocenters. The highest BCUT2D eigenvalue weighted by Gasteiger charge is 2.40. The van der Waals surface area contributed by atoms with Crippen molar-refractivity contribution < 1.29 is 33.7 Å². The second kappa shape index (κ2) is 17.2. The number of carboxylic acids is 1. The van der Waals surface area contributed by atoms with Crippen LogP contribution in [0.3, 0.4) is 0 Å². The van der Waals surface area contributed by atoms with Crippen molar-refractivity contribution in [3.63, 3.8) is 0 Å². The number of carboxylic acid groups (broad SMARTS) is 1. The fraction of sp³-hybridized carbons (Fsp3) is 0.304. The monoisotopic (exact) mass is 834 g/mol. The number of carbonyl (C=O) groups is 3. The minimum absolute atomic E-state index is 0.0768. The number of ether oxygens (including phenoxy) is 3. The molecule has 0 aliphatic carbocycles. The molecule has 8 rings (SSSR count). The number of rotatable bonds is 10. The first-order chi connectivity index (χ1) is 28.5. The third-order valence-electron chi connectivity index (χ3n) is 11.4. The van der Waals surface area contributed by atoms with Crippen LogP contribution in [0, 0.1) is 13.8 Å². The predicted molar refractivity (Wildman–Crippen MR) is 224 cm³/mol. The van der Waals surface area contributed by atoms with E-state index < -0.39 is 24.0 Å². The quantitative estimate of drug-likeness (QED) is 0.143. The molecule has 3 amide bonds. The molecule has 3 atom stereocenters. The van der Waals surface area contributed by atoms with Crippen LogP contribution in [0.4, 0.5) is 4.79 Å². The van der Waals surface area contributed by atoms with E-state index in [4.69, 9.17) is 37.4 Å². The number of halogens is 2. The van der Waals surface area contributed by atoms with Gasteiger partial charge in [0.05, 0.1) is 10.0 Å². The van der Waals surface area contributed by atoms with Gasteiger partial charge in [-0.1, -0.05) is 65.7 Å². The van der Waals surface area contributed by atoms with Crippen LogP contribution in [0.15, 0.2) is 91.1 Å². The number of urea groups is 1. The maximum Gasteiger partial charge on any atom is 0.326 e. The van der Waals surface area contributed by atoms with Crippen LogP contribution in [0.2, 0.25) is 10.0 Å². The maximum absolute atomic E-state index is 14.1. The number of likely N-dealkylation sites (tertiary alicyclic amines) is 1. The van der Waals surface area contributed by atoms with Gasteiger partial charge in [0.1, 0.15) is 31.0 Å². The van der Waals surface area contributed by atoms with Crippen molar-refractivity contribution in [1.29, 1.82) is 0 Å². The van der Waals surface area contributed by atoms with Gasteiger partial charge in [-0.2, -0.15) is 0 Å². The molecule has 0 radical (unpaired) electrons. The van der Waals surface area contributed by atoms with Crippen molar-refractivity contribution in [3.05, 3.63) is 140 Å². The van der Waals surface area contributed by atoms with E-state index in [0.717, 1.165) is 63.0 Å². The number of aromatic nitrogens is 1. The van der Waals surface area contributed by atoms with Crippen LogP contribution in [-0.2, 0) is 35.6 Å². The first kappa shape index (κ1) is 40.0. The van der Waals surface area contributed by atoms with Crippen LogP contribution in [0.1, 0.15) is 58.0 Å². The van der Waals surface area contributed by atoms with E-state index in [1.807, 2.05) is 86.6 Å². The Labute approximate surface area is 352 Å². The predicted octanol–water partition coefficient (Wildman–Crippen LogP) is 8.52. The molecular formula is C46H44Cl2N4O7. The molecule has 2 N–H and O–H groups in total. The summed E-state index contributed by atoms with van der Waals surface area (Å²) in [4.78, 5) is 48.4. The van der Waals surface area contributed by atoms with Gasteiger partial charge in [-0.05, 0) is 114 Å². The average Bonchev–Trinajstić information content (AvgIpc) is 3.79. The molecule has 1 saturated heterocycles. The Balaban J connectivity index is 0.964. The number of carbonyl (C=O) groups excluding carboxylic acids is 2. The van der Waals surface area contributed by atoms with Gasteiger partial charge < -0.3 is 34.4 Å². The molecule has 3 aliphatic rings. The van der Waals surface area contributed by atoms with Crippen LogP contribution in [-0.4, -0.2) is 69.6 Å².